The second-order valence-corrected chi connectivity index (χ2v) is 11.7. The van der Waals surface area contributed by atoms with Gasteiger partial charge in [0.05, 0.1) is 5.52 Å². The van der Waals surface area contributed by atoms with E-state index in [-0.39, 0.29) is 0 Å². The monoisotopic (exact) mass is 629 g/mol. The van der Waals surface area contributed by atoms with E-state index in [0.29, 0.717) is 34.9 Å². The molecular formula is C42H27N7. The molecule has 6 aromatic carbocycles. The van der Waals surface area contributed by atoms with Crippen molar-refractivity contribution in [2.75, 3.05) is 0 Å². The van der Waals surface area contributed by atoms with Gasteiger partial charge in [0.25, 0.3) is 0 Å². The van der Waals surface area contributed by atoms with Crippen molar-refractivity contribution in [1.29, 1.82) is 0 Å². The molecule has 3 aromatic heterocycles. The molecule has 0 bridgehead atoms. The van der Waals surface area contributed by atoms with Crippen LogP contribution in [0.25, 0.3) is 90.1 Å². The fraction of sp³-hybridized carbons (Fsp3) is 0. The predicted octanol–water partition coefficient (Wildman–Crippen LogP) is 9.69. The molecular weight excluding hydrogens is 603 g/mol. The highest BCUT2D eigenvalue weighted by Gasteiger charge is 2.20. The number of aromatic nitrogens is 7. The summed E-state index contributed by atoms with van der Waals surface area (Å²) in [5.74, 6) is 3.49. The van der Waals surface area contributed by atoms with Crippen LogP contribution in [-0.2, 0) is 0 Å². The van der Waals surface area contributed by atoms with E-state index in [2.05, 4.69) is 35.3 Å². The Bertz CT molecular complexity index is 2470. The molecule has 0 aliphatic rings. The highest BCUT2D eigenvalue weighted by molar-refractivity contribution is 6.13. The summed E-state index contributed by atoms with van der Waals surface area (Å²) in [5, 5.41) is 2.11. The van der Waals surface area contributed by atoms with E-state index in [4.69, 9.17) is 29.9 Å². The number of fused-ring (bicyclic) bond motifs is 3. The van der Waals surface area contributed by atoms with Crippen LogP contribution in [0.15, 0.2) is 158 Å². The zero-order chi connectivity index (χ0) is 32.6. The molecule has 1 N–H and O–H groups in total. The number of nitrogens with one attached hydrogen (secondary N) is 1. The maximum Gasteiger partial charge on any atom is 0.166 e. The second kappa shape index (κ2) is 12.1. The van der Waals surface area contributed by atoms with Gasteiger partial charge in [0.2, 0.25) is 0 Å². The van der Waals surface area contributed by atoms with Crippen molar-refractivity contribution in [1.82, 2.24) is 34.9 Å². The lowest BCUT2D eigenvalue weighted by Crippen LogP contribution is -2.02. The molecule has 0 fully saturated rings. The van der Waals surface area contributed by atoms with Gasteiger partial charge in [-0.15, -0.1) is 0 Å². The first-order valence-electron chi connectivity index (χ1n) is 16.1. The summed E-state index contributed by atoms with van der Waals surface area (Å²) < 4.78 is 0. The number of H-pyrrole nitrogens is 1. The Morgan fingerprint density at radius 3 is 1.12 bits per heavy atom. The maximum absolute atomic E-state index is 5.09. The molecule has 0 saturated carbocycles. The molecule has 9 rings (SSSR count). The molecule has 0 atom stereocenters. The topological polar surface area (TPSA) is 93.1 Å². The zero-order valence-corrected chi connectivity index (χ0v) is 26.2. The highest BCUT2D eigenvalue weighted by atomic mass is 15.0. The molecule has 230 valence electrons. The van der Waals surface area contributed by atoms with Gasteiger partial charge in [-0.05, 0) is 18.2 Å². The molecule has 7 nitrogen and oxygen atoms in total. The lowest BCUT2D eigenvalue weighted by molar-refractivity contribution is 1.07. The molecule has 9 aromatic rings. The lowest BCUT2D eigenvalue weighted by Gasteiger charge is -2.12. The number of nitrogens with zero attached hydrogens (tertiary/aromatic N) is 6. The summed E-state index contributed by atoms with van der Waals surface area (Å²) in [5.41, 5.74) is 7.23. The predicted molar refractivity (Wildman–Crippen MR) is 195 cm³/mol. The third kappa shape index (κ3) is 5.39. The Morgan fingerprint density at radius 2 is 0.673 bits per heavy atom. The summed E-state index contributed by atoms with van der Waals surface area (Å²) >= 11 is 0. The molecule has 0 spiro atoms. The average Bonchev–Trinajstić information content (AvgIpc) is 3.57. The minimum Gasteiger partial charge on any atom is -0.354 e. The van der Waals surface area contributed by atoms with Crippen molar-refractivity contribution in [2.24, 2.45) is 0 Å². The summed E-state index contributed by atoms with van der Waals surface area (Å²) in [4.78, 5) is 33.8. The van der Waals surface area contributed by atoms with E-state index >= 15 is 0 Å². The third-order valence-corrected chi connectivity index (χ3v) is 8.51. The standard InChI is InChI=1S/C42H27N7/c1-5-15-27(16-6-1)37-44-38(28-17-7-2-8-18-28)47-41(46-37)31-25-33-32-23-13-14-24-35(32)43-36(33)34(26-31)42-48-39(29-19-9-3-10-20-29)45-40(49-42)30-21-11-4-12-22-30/h1-26,43H. The Morgan fingerprint density at radius 1 is 0.306 bits per heavy atom. The van der Waals surface area contributed by atoms with Crippen molar-refractivity contribution in [3.05, 3.63) is 158 Å². The first-order valence-corrected chi connectivity index (χ1v) is 16.1. The van der Waals surface area contributed by atoms with Crippen LogP contribution in [0.3, 0.4) is 0 Å². The maximum atomic E-state index is 5.09. The smallest absolute Gasteiger partial charge is 0.166 e. The lowest BCUT2D eigenvalue weighted by atomic mass is 10.0. The molecule has 7 heteroatoms. The van der Waals surface area contributed by atoms with Crippen molar-refractivity contribution in [3.63, 3.8) is 0 Å². The number of hydrogen-bond donors (Lipinski definition) is 1. The van der Waals surface area contributed by atoms with Gasteiger partial charge in [-0.2, -0.15) is 0 Å². The average molecular weight is 630 g/mol. The van der Waals surface area contributed by atoms with Crippen LogP contribution in [0.2, 0.25) is 0 Å². The Kier molecular flexibility index (Phi) is 6.98. The van der Waals surface area contributed by atoms with E-state index in [9.17, 15) is 0 Å². The van der Waals surface area contributed by atoms with Crippen LogP contribution < -0.4 is 0 Å². The van der Waals surface area contributed by atoms with Crippen LogP contribution >= 0.6 is 0 Å². The summed E-state index contributed by atoms with van der Waals surface area (Å²) in [7, 11) is 0. The van der Waals surface area contributed by atoms with Gasteiger partial charge < -0.3 is 4.98 Å². The molecule has 49 heavy (non-hydrogen) atoms. The van der Waals surface area contributed by atoms with Gasteiger partial charge in [0.1, 0.15) is 0 Å². The van der Waals surface area contributed by atoms with Crippen LogP contribution in [-0.4, -0.2) is 34.9 Å². The van der Waals surface area contributed by atoms with Gasteiger partial charge in [0, 0.05) is 49.7 Å². The van der Waals surface area contributed by atoms with E-state index in [0.717, 1.165) is 55.2 Å². The number of aromatic amines is 1. The van der Waals surface area contributed by atoms with E-state index in [1.165, 1.54) is 0 Å². The van der Waals surface area contributed by atoms with Crippen LogP contribution in [0.5, 0.6) is 0 Å². The zero-order valence-electron chi connectivity index (χ0n) is 26.2. The fourth-order valence-corrected chi connectivity index (χ4v) is 6.12. The number of rotatable bonds is 6. The Labute approximate surface area is 282 Å². The van der Waals surface area contributed by atoms with Crippen LogP contribution in [0.4, 0.5) is 0 Å². The molecule has 0 radical (unpaired) electrons. The van der Waals surface area contributed by atoms with Crippen molar-refractivity contribution in [3.8, 4) is 68.3 Å². The van der Waals surface area contributed by atoms with Gasteiger partial charge in [0.15, 0.2) is 34.9 Å². The first-order chi connectivity index (χ1) is 24.3. The molecule has 0 aliphatic heterocycles. The molecule has 0 amide bonds. The van der Waals surface area contributed by atoms with Gasteiger partial charge in [-0.25, -0.2) is 29.9 Å². The van der Waals surface area contributed by atoms with Gasteiger partial charge >= 0.3 is 0 Å². The Balaban J connectivity index is 1.33. The number of benzene rings is 6. The number of para-hydroxylation sites is 1. The van der Waals surface area contributed by atoms with Crippen molar-refractivity contribution in [2.45, 2.75) is 0 Å². The van der Waals surface area contributed by atoms with E-state index in [1.54, 1.807) is 0 Å². The fourth-order valence-electron chi connectivity index (χ4n) is 6.12. The SMILES string of the molecule is c1ccc(-c2nc(-c3ccccc3)nc(-c3cc(-c4nc(-c5ccccc5)nc(-c5ccccc5)n4)c4[nH]c5ccccc5c4c3)n2)cc1. The quantitative estimate of drug-likeness (QED) is 0.197. The van der Waals surface area contributed by atoms with Crippen LogP contribution in [0, 0.1) is 0 Å². The van der Waals surface area contributed by atoms with Crippen molar-refractivity contribution < 1.29 is 0 Å². The van der Waals surface area contributed by atoms with Crippen LogP contribution in [0.1, 0.15) is 0 Å². The third-order valence-electron chi connectivity index (χ3n) is 8.51. The van der Waals surface area contributed by atoms with E-state index < -0.39 is 0 Å². The molecule has 0 unspecified atom stereocenters. The second-order valence-electron chi connectivity index (χ2n) is 11.7. The number of hydrogen-bond acceptors (Lipinski definition) is 6. The summed E-state index contributed by atoms with van der Waals surface area (Å²) in [6.07, 6.45) is 0. The molecule has 0 saturated heterocycles. The minimum absolute atomic E-state index is 0.548. The van der Waals surface area contributed by atoms with E-state index in [1.807, 2.05) is 127 Å². The first kappa shape index (κ1) is 28.4. The van der Waals surface area contributed by atoms with Gasteiger partial charge in [-0.1, -0.05) is 140 Å². The normalized spacial score (nSPS) is 11.3. The summed E-state index contributed by atoms with van der Waals surface area (Å²) in [6.45, 7) is 0. The summed E-state index contributed by atoms with van der Waals surface area (Å²) in [6, 6.07) is 52.6. The van der Waals surface area contributed by atoms with Crippen molar-refractivity contribution >= 4 is 21.8 Å². The molecule has 0 aliphatic carbocycles. The highest BCUT2D eigenvalue weighted by Crippen LogP contribution is 2.37. The minimum atomic E-state index is 0.548. The largest absolute Gasteiger partial charge is 0.354 e. The Hall–Kier alpha value is -6.86. The molecule has 3 heterocycles. The van der Waals surface area contributed by atoms with Gasteiger partial charge in [-0.3, -0.25) is 0 Å².